The van der Waals surface area contributed by atoms with Crippen molar-refractivity contribution in [2.75, 3.05) is 5.75 Å². The van der Waals surface area contributed by atoms with Gasteiger partial charge in [-0.15, -0.1) is 10.2 Å². The normalized spacial score (nSPS) is 11.5. The van der Waals surface area contributed by atoms with Crippen LogP contribution < -0.4 is 5.43 Å². The van der Waals surface area contributed by atoms with Gasteiger partial charge >= 0.3 is 0 Å². The van der Waals surface area contributed by atoms with E-state index in [9.17, 15) is 4.79 Å². The fraction of sp³-hybridized carbons (Fsp3) is 0.200. The topological polar surface area (TPSA) is 67.2 Å². The summed E-state index contributed by atoms with van der Waals surface area (Å²) in [5, 5.41) is 13.1. The smallest absolute Gasteiger partial charge is 0.250 e. The average Bonchev–Trinajstić information content (AvgIpc) is 3.18. The largest absolute Gasteiger partial charge is 0.272 e. The fourth-order valence-electron chi connectivity index (χ4n) is 2.20. The maximum Gasteiger partial charge on any atom is 0.250 e. The SMILES string of the molecule is C/C(=N\NC(=O)CSc1nnc(SCc2ccc(C)cc2)s1)c1ccc(Cl)cc1. The number of rotatable bonds is 8. The number of nitrogens with one attached hydrogen (secondary N) is 1. The molecule has 0 radical (unpaired) electrons. The van der Waals surface area contributed by atoms with Gasteiger partial charge in [0.15, 0.2) is 8.68 Å². The Morgan fingerprint density at radius 1 is 1.07 bits per heavy atom. The highest BCUT2D eigenvalue weighted by molar-refractivity contribution is 8.03. The zero-order chi connectivity index (χ0) is 20.6. The van der Waals surface area contributed by atoms with Crippen molar-refractivity contribution in [3.05, 3.63) is 70.2 Å². The summed E-state index contributed by atoms with van der Waals surface area (Å²) in [5.41, 5.74) is 6.69. The minimum Gasteiger partial charge on any atom is -0.272 e. The Labute approximate surface area is 187 Å². The predicted octanol–water partition coefficient (Wildman–Crippen LogP) is 5.42. The van der Waals surface area contributed by atoms with Crippen LogP contribution >= 0.6 is 46.5 Å². The highest BCUT2D eigenvalue weighted by Gasteiger charge is 2.09. The van der Waals surface area contributed by atoms with E-state index >= 15 is 0 Å². The Morgan fingerprint density at radius 2 is 1.72 bits per heavy atom. The summed E-state index contributed by atoms with van der Waals surface area (Å²) in [6, 6.07) is 15.7. The molecule has 0 aliphatic rings. The van der Waals surface area contributed by atoms with Crippen LogP contribution in [0.2, 0.25) is 5.02 Å². The van der Waals surface area contributed by atoms with Gasteiger partial charge in [-0.05, 0) is 37.1 Å². The second-order valence-electron chi connectivity index (χ2n) is 6.14. The number of amides is 1. The van der Waals surface area contributed by atoms with Crippen LogP contribution in [0, 0.1) is 6.92 Å². The number of thioether (sulfide) groups is 2. The number of halogens is 1. The van der Waals surface area contributed by atoms with Gasteiger partial charge in [0.1, 0.15) is 0 Å². The van der Waals surface area contributed by atoms with Gasteiger partial charge in [0, 0.05) is 10.8 Å². The third kappa shape index (κ3) is 7.15. The third-order valence-corrected chi connectivity index (χ3v) is 7.32. The lowest BCUT2D eigenvalue weighted by Gasteiger charge is -2.02. The maximum absolute atomic E-state index is 12.0. The predicted molar refractivity (Wildman–Crippen MR) is 123 cm³/mol. The Kier molecular flexibility index (Phi) is 8.11. The molecule has 0 unspecified atom stereocenters. The lowest BCUT2D eigenvalue weighted by atomic mass is 10.1. The first-order valence-electron chi connectivity index (χ1n) is 8.73. The molecule has 1 N–H and O–H groups in total. The van der Waals surface area contributed by atoms with E-state index in [0.29, 0.717) is 10.7 Å². The van der Waals surface area contributed by atoms with Gasteiger partial charge in [-0.1, -0.05) is 88.4 Å². The van der Waals surface area contributed by atoms with Crippen molar-refractivity contribution in [2.24, 2.45) is 5.10 Å². The zero-order valence-corrected chi connectivity index (χ0v) is 19.1. The first-order valence-corrected chi connectivity index (χ1v) is 11.9. The monoisotopic (exact) mass is 462 g/mol. The Morgan fingerprint density at radius 3 is 2.41 bits per heavy atom. The zero-order valence-electron chi connectivity index (χ0n) is 15.9. The molecule has 5 nitrogen and oxygen atoms in total. The first-order chi connectivity index (χ1) is 14.0. The molecule has 9 heteroatoms. The number of benzene rings is 2. The van der Waals surface area contributed by atoms with Crippen LogP contribution in [0.5, 0.6) is 0 Å². The summed E-state index contributed by atoms with van der Waals surface area (Å²) in [5.74, 6) is 0.889. The number of hydrazone groups is 1. The second-order valence-corrected chi connectivity index (χ2v) is 9.99. The van der Waals surface area contributed by atoms with Crippen molar-refractivity contribution in [2.45, 2.75) is 28.3 Å². The minimum atomic E-state index is -0.188. The van der Waals surface area contributed by atoms with Crippen LogP contribution in [0.4, 0.5) is 0 Å². The van der Waals surface area contributed by atoms with Crippen LogP contribution in [0.1, 0.15) is 23.6 Å². The van der Waals surface area contributed by atoms with Gasteiger partial charge in [-0.2, -0.15) is 5.10 Å². The Hall–Kier alpha value is -1.87. The summed E-state index contributed by atoms with van der Waals surface area (Å²) >= 11 is 10.4. The van der Waals surface area contributed by atoms with Crippen LogP contribution in [0.25, 0.3) is 0 Å². The lowest BCUT2D eigenvalue weighted by Crippen LogP contribution is -2.21. The standard InChI is InChI=1S/C20H19ClN4OS3/c1-13-3-5-15(6-4-13)11-27-19-24-25-20(29-19)28-12-18(26)23-22-14(2)16-7-9-17(21)10-8-16/h3-10H,11-12H2,1-2H3,(H,23,26)/b22-14+. The van der Waals surface area contributed by atoms with Crippen LogP contribution in [-0.2, 0) is 10.5 Å². The van der Waals surface area contributed by atoms with Crippen molar-refractivity contribution < 1.29 is 4.79 Å². The minimum absolute atomic E-state index is 0.188. The van der Waals surface area contributed by atoms with Gasteiger partial charge < -0.3 is 0 Å². The van der Waals surface area contributed by atoms with E-state index in [1.54, 1.807) is 23.9 Å². The quantitative estimate of drug-likeness (QED) is 0.275. The molecular weight excluding hydrogens is 444 g/mol. The highest BCUT2D eigenvalue weighted by Crippen LogP contribution is 2.30. The highest BCUT2D eigenvalue weighted by atomic mass is 35.5. The van der Waals surface area contributed by atoms with E-state index in [-0.39, 0.29) is 11.7 Å². The number of nitrogens with zero attached hydrogens (tertiary/aromatic N) is 3. The van der Waals surface area contributed by atoms with Crippen LogP contribution in [0.15, 0.2) is 62.3 Å². The number of aryl methyl sites for hydroxylation is 1. The molecule has 150 valence electrons. The molecule has 0 saturated carbocycles. The van der Waals surface area contributed by atoms with Crippen molar-refractivity contribution >= 4 is 58.1 Å². The van der Waals surface area contributed by atoms with Crippen LogP contribution in [-0.4, -0.2) is 27.6 Å². The molecule has 3 aromatic rings. The van der Waals surface area contributed by atoms with Crippen molar-refractivity contribution in [1.82, 2.24) is 15.6 Å². The van der Waals surface area contributed by atoms with E-state index < -0.39 is 0 Å². The number of carbonyl (C=O) groups is 1. The molecule has 1 heterocycles. The molecular formula is C20H19ClN4OS3. The third-order valence-electron chi connectivity index (χ3n) is 3.81. The summed E-state index contributed by atoms with van der Waals surface area (Å²) in [6.07, 6.45) is 0. The molecule has 29 heavy (non-hydrogen) atoms. The molecule has 0 saturated heterocycles. The van der Waals surface area contributed by atoms with Gasteiger partial charge in [-0.3, -0.25) is 4.79 Å². The second kappa shape index (κ2) is 10.8. The summed E-state index contributed by atoms with van der Waals surface area (Å²) < 4.78 is 1.66. The van der Waals surface area contributed by atoms with Gasteiger partial charge in [0.05, 0.1) is 11.5 Å². The summed E-state index contributed by atoms with van der Waals surface area (Å²) in [4.78, 5) is 12.0. The molecule has 0 atom stereocenters. The van der Waals surface area contributed by atoms with Crippen molar-refractivity contribution in [1.29, 1.82) is 0 Å². The molecule has 1 amide bonds. The maximum atomic E-state index is 12.0. The van der Waals surface area contributed by atoms with Crippen molar-refractivity contribution in [3.8, 4) is 0 Å². The lowest BCUT2D eigenvalue weighted by molar-refractivity contribution is -0.118. The first kappa shape index (κ1) is 21.8. The van der Waals surface area contributed by atoms with E-state index in [1.807, 2.05) is 19.1 Å². The number of hydrogen-bond donors (Lipinski definition) is 1. The van der Waals surface area contributed by atoms with Gasteiger partial charge in [0.25, 0.3) is 5.91 Å². The molecule has 0 fully saturated rings. The van der Waals surface area contributed by atoms with E-state index in [4.69, 9.17) is 11.6 Å². The summed E-state index contributed by atoms with van der Waals surface area (Å²) in [7, 11) is 0. The van der Waals surface area contributed by atoms with E-state index in [0.717, 1.165) is 20.0 Å². The van der Waals surface area contributed by atoms with Crippen molar-refractivity contribution in [3.63, 3.8) is 0 Å². The summed E-state index contributed by atoms with van der Waals surface area (Å²) in [6.45, 7) is 3.91. The molecule has 0 aliphatic carbocycles. The number of aromatic nitrogens is 2. The number of carbonyl (C=O) groups excluding carboxylic acids is 1. The van der Waals surface area contributed by atoms with Crippen LogP contribution in [0.3, 0.4) is 0 Å². The molecule has 0 aliphatic heterocycles. The Bertz CT molecular complexity index is 988. The molecule has 0 bridgehead atoms. The van der Waals surface area contributed by atoms with Gasteiger partial charge in [-0.25, -0.2) is 5.43 Å². The van der Waals surface area contributed by atoms with Gasteiger partial charge in [0.2, 0.25) is 0 Å². The molecule has 1 aromatic heterocycles. The molecule has 2 aromatic carbocycles. The Balaban J connectivity index is 1.43. The molecule has 0 spiro atoms. The van der Waals surface area contributed by atoms with E-state index in [2.05, 4.69) is 51.9 Å². The number of hydrogen-bond acceptors (Lipinski definition) is 7. The average molecular weight is 463 g/mol. The molecule has 3 rings (SSSR count). The van der Waals surface area contributed by atoms with E-state index in [1.165, 1.54) is 34.2 Å². The fourth-order valence-corrected chi connectivity index (χ4v) is 5.10.